The lowest BCUT2D eigenvalue weighted by atomic mass is 9.77. The molecule has 0 bridgehead atoms. The normalized spacial score (nSPS) is 29.7. The van der Waals surface area contributed by atoms with E-state index in [4.69, 9.17) is 4.74 Å². The minimum Gasteiger partial charge on any atom is -0.445 e. The number of nitrogens with one attached hydrogen (secondary N) is 1. The first-order valence-corrected chi connectivity index (χ1v) is 8.57. The molecule has 1 aromatic rings. The molecular formula is C19H28N2O2. The summed E-state index contributed by atoms with van der Waals surface area (Å²) in [4.78, 5) is 14.2. The van der Waals surface area contributed by atoms with Gasteiger partial charge in [-0.25, -0.2) is 4.79 Å². The van der Waals surface area contributed by atoms with Crippen molar-refractivity contribution in [3.8, 4) is 0 Å². The number of ether oxygens (including phenoxy) is 1. The van der Waals surface area contributed by atoms with Crippen molar-refractivity contribution in [2.45, 2.75) is 46.3 Å². The average Bonchev–Trinajstić information content (AvgIpc) is 3.10. The summed E-state index contributed by atoms with van der Waals surface area (Å²) in [5, 5.41) is 3.67. The van der Waals surface area contributed by atoms with Gasteiger partial charge in [0.1, 0.15) is 6.61 Å². The molecule has 0 radical (unpaired) electrons. The van der Waals surface area contributed by atoms with Crippen LogP contribution in [0.4, 0.5) is 4.79 Å². The fourth-order valence-corrected chi connectivity index (χ4v) is 3.82. The van der Waals surface area contributed by atoms with Crippen LogP contribution in [-0.2, 0) is 11.3 Å². The van der Waals surface area contributed by atoms with Crippen LogP contribution in [0.2, 0.25) is 0 Å². The summed E-state index contributed by atoms with van der Waals surface area (Å²) in [6.07, 6.45) is 2.03. The number of rotatable bonds is 3. The molecule has 126 valence electrons. The number of hydrogen-bond acceptors (Lipinski definition) is 3. The van der Waals surface area contributed by atoms with Crippen LogP contribution in [0.25, 0.3) is 0 Å². The van der Waals surface area contributed by atoms with Crippen LogP contribution >= 0.6 is 0 Å². The Bertz CT molecular complexity index is 558. The first-order chi connectivity index (χ1) is 10.9. The molecule has 0 aromatic heterocycles. The molecule has 1 N–H and O–H groups in total. The van der Waals surface area contributed by atoms with E-state index >= 15 is 0 Å². The molecular weight excluding hydrogens is 288 g/mol. The molecule has 1 amide bonds. The monoisotopic (exact) mass is 316 g/mol. The van der Waals surface area contributed by atoms with E-state index in [1.807, 2.05) is 35.2 Å². The van der Waals surface area contributed by atoms with Gasteiger partial charge in [-0.1, -0.05) is 51.1 Å². The average molecular weight is 316 g/mol. The number of hydrogen-bond donors (Lipinski definition) is 1. The van der Waals surface area contributed by atoms with E-state index in [-0.39, 0.29) is 11.5 Å². The fraction of sp³-hybridized carbons (Fsp3) is 0.632. The van der Waals surface area contributed by atoms with Crippen molar-refractivity contribution in [1.29, 1.82) is 0 Å². The molecule has 0 unspecified atom stereocenters. The second kappa shape index (κ2) is 6.16. The van der Waals surface area contributed by atoms with E-state index in [1.54, 1.807) is 0 Å². The number of nitrogens with zero attached hydrogens (tertiary/aromatic N) is 1. The summed E-state index contributed by atoms with van der Waals surface area (Å²) < 4.78 is 5.48. The minimum absolute atomic E-state index is 0.152. The number of carbonyl (C=O) groups is 1. The number of amides is 1. The molecule has 0 spiro atoms. The molecule has 3 rings (SSSR count). The molecule has 4 heteroatoms. The van der Waals surface area contributed by atoms with Crippen molar-refractivity contribution in [2.75, 3.05) is 19.6 Å². The third kappa shape index (κ3) is 3.69. The van der Waals surface area contributed by atoms with Gasteiger partial charge in [0.15, 0.2) is 0 Å². The standard InChI is InChI=1S/C19H28N2O2/c1-18(2)11-16(20-13-18)19(3)9-10-21(14-19)17(22)23-12-15-7-5-4-6-8-15/h4-8,16,20H,9-14H2,1-3H3/t16-,19+/m0/s1. The lowest BCUT2D eigenvalue weighted by Crippen LogP contribution is -2.42. The Morgan fingerprint density at radius 3 is 2.70 bits per heavy atom. The summed E-state index contributed by atoms with van der Waals surface area (Å²) in [5.41, 5.74) is 1.54. The van der Waals surface area contributed by atoms with Gasteiger partial charge >= 0.3 is 6.09 Å². The van der Waals surface area contributed by atoms with Gasteiger partial charge in [0.2, 0.25) is 0 Å². The SMILES string of the molecule is CC1(C)CN[C@H]([C@]2(C)CCN(C(=O)OCc3ccccc3)C2)C1. The summed E-state index contributed by atoms with van der Waals surface area (Å²) in [7, 11) is 0. The molecule has 23 heavy (non-hydrogen) atoms. The molecule has 2 aliphatic heterocycles. The molecule has 2 atom stereocenters. The van der Waals surface area contributed by atoms with Gasteiger partial charge in [-0.05, 0) is 23.8 Å². The number of benzene rings is 1. The smallest absolute Gasteiger partial charge is 0.410 e. The molecule has 2 aliphatic rings. The molecule has 4 nitrogen and oxygen atoms in total. The highest BCUT2D eigenvalue weighted by atomic mass is 16.6. The first kappa shape index (κ1) is 16.3. The van der Waals surface area contributed by atoms with Gasteiger partial charge in [-0.15, -0.1) is 0 Å². The van der Waals surface area contributed by atoms with Crippen LogP contribution in [0.15, 0.2) is 30.3 Å². The van der Waals surface area contributed by atoms with Crippen LogP contribution in [0.5, 0.6) is 0 Å². The molecule has 2 fully saturated rings. The Kier molecular flexibility index (Phi) is 4.37. The third-order valence-electron chi connectivity index (χ3n) is 5.39. The van der Waals surface area contributed by atoms with E-state index in [0.717, 1.165) is 31.6 Å². The van der Waals surface area contributed by atoms with Crippen LogP contribution < -0.4 is 5.32 Å². The maximum atomic E-state index is 12.3. The van der Waals surface area contributed by atoms with Crippen LogP contribution in [0.1, 0.15) is 39.2 Å². The van der Waals surface area contributed by atoms with Gasteiger partial charge in [0.05, 0.1) is 0 Å². The van der Waals surface area contributed by atoms with Crippen molar-refractivity contribution < 1.29 is 9.53 Å². The summed E-state index contributed by atoms with van der Waals surface area (Å²) >= 11 is 0. The third-order valence-corrected chi connectivity index (χ3v) is 5.39. The second-order valence-corrected chi connectivity index (χ2v) is 8.17. The van der Waals surface area contributed by atoms with Crippen LogP contribution in [0.3, 0.4) is 0 Å². The lowest BCUT2D eigenvalue weighted by Gasteiger charge is -2.32. The quantitative estimate of drug-likeness (QED) is 0.929. The zero-order valence-electron chi connectivity index (χ0n) is 14.5. The van der Waals surface area contributed by atoms with E-state index < -0.39 is 0 Å². The Balaban J connectivity index is 1.53. The van der Waals surface area contributed by atoms with E-state index in [0.29, 0.717) is 18.1 Å². The van der Waals surface area contributed by atoms with E-state index in [9.17, 15) is 4.79 Å². The molecule has 0 aliphatic carbocycles. The van der Waals surface area contributed by atoms with Crippen LogP contribution in [0, 0.1) is 10.8 Å². The summed E-state index contributed by atoms with van der Waals surface area (Å²) in [5.74, 6) is 0. The lowest BCUT2D eigenvalue weighted by molar-refractivity contribution is 0.0980. The Morgan fingerprint density at radius 2 is 2.04 bits per heavy atom. The van der Waals surface area contributed by atoms with Gasteiger partial charge < -0.3 is 15.0 Å². The van der Waals surface area contributed by atoms with E-state index in [2.05, 4.69) is 26.1 Å². The minimum atomic E-state index is -0.185. The Labute approximate surface area is 139 Å². The number of carbonyl (C=O) groups excluding carboxylic acids is 1. The van der Waals surface area contributed by atoms with Gasteiger partial charge in [-0.3, -0.25) is 0 Å². The van der Waals surface area contributed by atoms with Crippen molar-refractivity contribution in [1.82, 2.24) is 10.2 Å². The maximum absolute atomic E-state index is 12.3. The van der Waals surface area contributed by atoms with Crippen molar-refractivity contribution in [2.24, 2.45) is 10.8 Å². The van der Waals surface area contributed by atoms with Crippen molar-refractivity contribution >= 4 is 6.09 Å². The zero-order chi connectivity index (χ0) is 16.5. The largest absolute Gasteiger partial charge is 0.445 e. The second-order valence-electron chi connectivity index (χ2n) is 8.17. The molecule has 1 aromatic carbocycles. The van der Waals surface area contributed by atoms with Gasteiger partial charge in [-0.2, -0.15) is 0 Å². The predicted molar refractivity (Wildman–Crippen MR) is 91.1 cm³/mol. The molecule has 2 saturated heterocycles. The van der Waals surface area contributed by atoms with Gasteiger partial charge in [0.25, 0.3) is 0 Å². The highest BCUT2D eigenvalue weighted by Gasteiger charge is 2.46. The summed E-state index contributed by atoms with van der Waals surface area (Å²) in [6.45, 7) is 9.91. The predicted octanol–water partition coefficient (Wildman–Crippen LogP) is 3.42. The molecule has 2 heterocycles. The summed E-state index contributed by atoms with van der Waals surface area (Å²) in [6, 6.07) is 10.3. The van der Waals surface area contributed by atoms with E-state index in [1.165, 1.54) is 6.42 Å². The Hall–Kier alpha value is -1.55. The maximum Gasteiger partial charge on any atom is 0.410 e. The van der Waals surface area contributed by atoms with Crippen LogP contribution in [-0.4, -0.2) is 36.7 Å². The number of likely N-dealkylation sites (tertiary alicyclic amines) is 1. The van der Waals surface area contributed by atoms with Crippen molar-refractivity contribution in [3.05, 3.63) is 35.9 Å². The highest BCUT2D eigenvalue weighted by molar-refractivity contribution is 5.68. The Morgan fingerprint density at radius 1 is 1.30 bits per heavy atom. The first-order valence-electron chi connectivity index (χ1n) is 8.57. The fourth-order valence-electron chi connectivity index (χ4n) is 3.82. The van der Waals surface area contributed by atoms with Gasteiger partial charge in [0, 0.05) is 31.1 Å². The zero-order valence-corrected chi connectivity index (χ0v) is 14.5. The molecule has 0 saturated carbocycles. The topological polar surface area (TPSA) is 41.6 Å². The highest BCUT2D eigenvalue weighted by Crippen LogP contribution is 2.41. The van der Waals surface area contributed by atoms with Crippen molar-refractivity contribution in [3.63, 3.8) is 0 Å².